The molecule has 0 unspecified atom stereocenters. The lowest BCUT2D eigenvalue weighted by atomic mass is 10.0. The number of fused-ring (bicyclic) bond motifs is 1. The maximum absolute atomic E-state index is 14.0. The van der Waals surface area contributed by atoms with Gasteiger partial charge in [0.05, 0.1) is 24.4 Å². The van der Waals surface area contributed by atoms with Gasteiger partial charge >= 0.3 is 0 Å². The van der Waals surface area contributed by atoms with Crippen LogP contribution in [0.1, 0.15) is 0 Å². The minimum atomic E-state index is -4.37. The van der Waals surface area contributed by atoms with Crippen LogP contribution < -0.4 is 9.04 Å². The first-order valence-electron chi connectivity index (χ1n) is 10.8. The molecule has 11 heteroatoms. The number of halogens is 3. The second-order valence-electron chi connectivity index (χ2n) is 7.90. The van der Waals surface area contributed by atoms with Gasteiger partial charge in [0.15, 0.2) is 5.82 Å². The Hall–Kier alpha value is -4.51. The van der Waals surface area contributed by atoms with Crippen molar-refractivity contribution in [2.75, 3.05) is 11.4 Å². The number of rotatable bonds is 6. The fraction of sp³-hybridized carbons (Fsp3) is 0.0385. The normalized spacial score (nSPS) is 11.5. The first-order chi connectivity index (χ1) is 17.8. The Balaban J connectivity index is 1.69. The quantitative estimate of drug-likeness (QED) is 0.287. The second-order valence-corrected chi connectivity index (χ2v) is 9.69. The molecule has 5 rings (SSSR count). The van der Waals surface area contributed by atoms with Gasteiger partial charge in [-0.15, -0.1) is 0 Å². The van der Waals surface area contributed by atoms with Crippen molar-refractivity contribution in [3.8, 4) is 16.9 Å². The van der Waals surface area contributed by atoms with Crippen LogP contribution in [0.3, 0.4) is 0 Å². The predicted molar refractivity (Wildman–Crippen MR) is 131 cm³/mol. The van der Waals surface area contributed by atoms with Crippen molar-refractivity contribution in [2.45, 2.75) is 4.90 Å². The number of hydrogen-bond donors (Lipinski definition) is 0. The Kier molecular flexibility index (Phi) is 6.22. The number of sulfonamides is 1. The highest BCUT2D eigenvalue weighted by atomic mass is 32.2. The molecule has 7 nitrogen and oxygen atoms in total. The average Bonchev–Trinajstić information content (AvgIpc) is 2.89. The van der Waals surface area contributed by atoms with Crippen molar-refractivity contribution < 1.29 is 26.3 Å². The number of anilines is 2. The van der Waals surface area contributed by atoms with Crippen molar-refractivity contribution in [2.24, 2.45) is 0 Å². The van der Waals surface area contributed by atoms with Crippen LogP contribution in [0.15, 0.2) is 90.3 Å². The van der Waals surface area contributed by atoms with Gasteiger partial charge in [0.2, 0.25) is 5.95 Å². The summed E-state index contributed by atoms with van der Waals surface area (Å²) in [5.74, 6) is -2.58. The third-order valence-corrected chi connectivity index (χ3v) is 7.22. The zero-order valence-corrected chi connectivity index (χ0v) is 20.0. The van der Waals surface area contributed by atoms with Crippen molar-refractivity contribution in [3.05, 3.63) is 103 Å². The standard InChI is InChI=1S/C26H17F3N4O3S/c1-36-25-11-16(19-8-20(27)12-21(28)9-19)3-5-24(25)33(26-31-14-22(29)15-32-26)37(34,35)23-4-2-18-13-30-7-6-17(18)10-23/h2-15H,1H3. The van der Waals surface area contributed by atoms with Crippen molar-refractivity contribution in [1.29, 1.82) is 0 Å². The van der Waals surface area contributed by atoms with Gasteiger partial charge in [0.1, 0.15) is 23.1 Å². The van der Waals surface area contributed by atoms with E-state index in [4.69, 9.17) is 4.74 Å². The van der Waals surface area contributed by atoms with Crippen LogP contribution in [0, 0.1) is 17.5 Å². The van der Waals surface area contributed by atoms with Gasteiger partial charge in [0, 0.05) is 23.8 Å². The summed E-state index contributed by atoms with van der Waals surface area (Å²) in [5, 5.41) is 1.36. The zero-order chi connectivity index (χ0) is 26.2. The van der Waals surface area contributed by atoms with Crippen LogP contribution >= 0.6 is 0 Å². The maximum Gasteiger partial charge on any atom is 0.271 e. The Morgan fingerprint density at radius 2 is 1.49 bits per heavy atom. The molecule has 2 aromatic heterocycles. The van der Waals surface area contributed by atoms with Gasteiger partial charge in [0.25, 0.3) is 10.0 Å². The van der Waals surface area contributed by atoms with Crippen LogP contribution in [0.2, 0.25) is 0 Å². The lowest BCUT2D eigenvalue weighted by Gasteiger charge is -2.24. The molecular weight excluding hydrogens is 505 g/mol. The van der Waals surface area contributed by atoms with Crippen molar-refractivity contribution in [3.63, 3.8) is 0 Å². The van der Waals surface area contributed by atoms with Crippen LogP contribution in [-0.4, -0.2) is 30.5 Å². The first kappa shape index (κ1) is 24.2. The lowest BCUT2D eigenvalue weighted by molar-refractivity contribution is 0.416. The number of hydrogen-bond acceptors (Lipinski definition) is 6. The average molecular weight is 523 g/mol. The Morgan fingerprint density at radius 3 is 2.19 bits per heavy atom. The predicted octanol–water partition coefficient (Wildman–Crippen LogP) is 5.64. The van der Waals surface area contributed by atoms with Gasteiger partial charge in [-0.3, -0.25) is 4.98 Å². The summed E-state index contributed by atoms with van der Waals surface area (Å²) in [6.07, 6.45) is 4.82. The molecule has 0 N–H and O–H groups in total. The zero-order valence-electron chi connectivity index (χ0n) is 19.1. The third-order valence-electron chi connectivity index (χ3n) is 5.53. The van der Waals surface area contributed by atoms with E-state index in [0.29, 0.717) is 10.9 Å². The molecular formula is C26H17F3N4O3S. The van der Waals surface area contributed by atoms with Crippen LogP contribution in [-0.2, 0) is 10.0 Å². The molecule has 0 saturated heterocycles. The summed E-state index contributed by atoms with van der Waals surface area (Å²) in [5.41, 5.74) is 0.595. The molecule has 0 saturated carbocycles. The first-order valence-corrected chi connectivity index (χ1v) is 12.2. The topological polar surface area (TPSA) is 85.3 Å². The molecule has 0 aliphatic rings. The molecule has 0 radical (unpaired) electrons. The Bertz CT molecular complexity index is 1710. The van der Waals surface area contributed by atoms with E-state index in [1.807, 2.05) is 0 Å². The van der Waals surface area contributed by atoms with Gasteiger partial charge in [-0.2, -0.15) is 4.31 Å². The van der Waals surface area contributed by atoms with Crippen LogP contribution in [0.5, 0.6) is 5.75 Å². The Morgan fingerprint density at radius 1 is 0.757 bits per heavy atom. The van der Waals surface area contributed by atoms with Crippen LogP contribution in [0.4, 0.5) is 24.8 Å². The smallest absolute Gasteiger partial charge is 0.271 e. The summed E-state index contributed by atoms with van der Waals surface area (Å²) in [6.45, 7) is 0. The summed E-state index contributed by atoms with van der Waals surface area (Å²) >= 11 is 0. The van der Waals surface area contributed by atoms with E-state index in [1.54, 1.807) is 18.3 Å². The molecule has 0 aliphatic heterocycles. The maximum atomic E-state index is 14.0. The molecule has 37 heavy (non-hydrogen) atoms. The SMILES string of the molecule is COc1cc(-c2cc(F)cc(F)c2)ccc1N(c1ncc(F)cn1)S(=O)(=O)c1ccc2cnccc2c1. The van der Waals surface area contributed by atoms with Crippen molar-refractivity contribution in [1.82, 2.24) is 15.0 Å². The number of methoxy groups -OCH3 is 1. The highest BCUT2D eigenvalue weighted by Gasteiger charge is 2.32. The van der Waals surface area contributed by atoms with E-state index in [0.717, 1.165) is 40.3 Å². The number of ether oxygens (including phenoxy) is 1. The molecule has 5 aromatic rings. The molecule has 2 heterocycles. The largest absolute Gasteiger partial charge is 0.495 e. The highest BCUT2D eigenvalue weighted by Crippen LogP contribution is 2.40. The second kappa shape index (κ2) is 9.51. The summed E-state index contributed by atoms with van der Waals surface area (Å²) < 4.78 is 75.4. The van der Waals surface area contributed by atoms with Gasteiger partial charge in [-0.1, -0.05) is 12.1 Å². The van der Waals surface area contributed by atoms with E-state index >= 15 is 0 Å². The summed E-state index contributed by atoms with van der Waals surface area (Å²) in [4.78, 5) is 11.7. The Labute approximate surface area is 209 Å². The fourth-order valence-corrected chi connectivity index (χ4v) is 5.27. The molecule has 186 valence electrons. The van der Waals surface area contributed by atoms with E-state index in [-0.39, 0.29) is 27.8 Å². The highest BCUT2D eigenvalue weighted by molar-refractivity contribution is 7.93. The number of benzene rings is 3. The molecule has 0 bridgehead atoms. The molecule has 3 aromatic carbocycles. The minimum Gasteiger partial charge on any atom is -0.495 e. The number of aromatic nitrogens is 3. The molecule has 0 fully saturated rings. The molecule has 0 spiro atoms. The molecule has 0 atom stereocenters. The third kappa shape index (κ3) is 4.68. The summed E-state index contributed by atoms with van der Waals surface area (Å²) in [7, 11) is -3.06. The van der Waals surface area contributed by atoms with E-state index in [1.165, 1.54) is 43.6 Å². The van der Waals surface area contributed by atoms with Gasteiger partial charge < -0.3 is 4.74 Å². The van der Waals surface area contributed by atoms with Crippen LogP contribution in [0.25, 0.3) is 21.9 Å². The van der Waals surface area contributed by atoms with Crippen molar-refractivity contribution >= 4 is 32.4 Å². The van der Waals surface area contributed by atoms with E-state index < -0.39 is 27.5 Å². The fourth-order valence-electron chi connectivity index (χ4n) is 3.83. The van der Waals surface area contributed by atoms with Gasteiger partial charge in [-0.25, -0.2) is 31.6 Å². The van der Waals surface area contributed by atoms with Gasteiger partial charge in [-0.05, 0) is 59.0 Å². The monoisotopic (exact) mass is 522 g/mol. The number of nitrogens with zero attached hydrogens (tertiary/aromatic N) is 4. The molecule has 0 aliphatic carbocycles. The number of pyridine rings is 1. The van der Waals surface area contributed by atoms with E-state index in [9.17, 15) is 21.6 Å². The molecule has 0 amide bonds. The minimum absolute atomic E-state index is 0.00422. The summed E-state index contributed by atoms with van der Waals surface area (Å²) in [6, 6.07) is 13.5. The van der Waals surface area contributed by atoms with E-state index in [2.05, 4.69) is 15.0 Å². The lowest BCUT2D eigenvalue weighted by Crippen LogP contribution is -2.28.